The number of nitrogens with one attached hydrogen (secondary N) is 1. The van der Waals surface area contributed by atoms with Gasteiger partial charge in [0.25, 0.3) is 0 Å². The summed E-state index contributed by atoms with van der Waals surface area (Å²) in [5.74, 6) is 0.689. The Morgan fingerprint density at radius 1 is 1.43 bits per heavy atom. The Morgan fingerprint density at radius 2 is 2.19 bits per heavy atom. The van der Waals surface area contributed by atoms with Crippen molar-refractivity contribution in [2.24, 2.45) is 0 Å². The van der Waals surface area contributed by atoms with Crippen LogP contribution < -0.4 is 5.32 Å². The maximum absolute atomic E-state index is 11.5. The molecule has 21 heavy (non-hydrogen) atoms. The van der Waals surface area contributed by atoms with Crippen molar-refractivity contribution in [3.8, 4) is 0 Å². The lowest BCUT2D eigenvalue weighted by molar-refractivity contribution is 0.428. The van der Waals surface area contributed by atoms with Crippen molar-refractivity contribution in [1.82, 2.24) is 14.3 Å². The van der Waals surface area contributed by atoms with E-state index in [0.29, 0.717) is 31.9 Å². The molecule has 6 nitrogen and oxygen atoms in total. The highest BCUT2D eigenvalue weighted by atomic mass is 35.5. The van der Waals surface area contributed by atoms with E-state index in [2.05, 4.69) is 15.3 Å². The Balaban J connectivity index is 1.95. The topological polar surface area (TPSA) is 75.2 Å². The smallest absolute Gasteiger partial charge is 0.225 e. The number of thiophene rings is 1. The highest BCUT2D eigenvalue weighted by Crippen LogP contribution is 2.26. The fourth-order valence-corrected chi connectivity index (χ4v) is 3.90. The largest absolute Gasteiger partial charge is 0.369 e. The van der Waals surface area contributed by atoms with Gasteiger partial charge in [0.15, 0.2) is 0 Å². The second-order valence-corrected chi connectivity index (χ2v) is 7.73. The van der Waals surface area contributed by atoms with E-state index in [1.54, 1.807) is 0 Å². The van der Waals surface area contributed by atoms with Crippen LogP contribution in [0.25, 0.3) is 10.2 Å². The van der Waals surface area contributed by atoms with Crippen LogP contribution in [0, 0.1) is 0 Å². The quantitative estimate of drug-likeness (QED) is 0.614. The van der Waals surface area contributed by atoms with E-state index in [1.807, 2.05) is 18.4 Å². The number of aromatic nitrogens is 2. The zero-order valence-electron chi connectivity index (χ0n) is 11.8. The van der Waals surface area contributed by atoms with Gasteiger partial charge in [-0.3, -0.25) is 0 Å². The monoisotopic (exact) mass is 348 g/mol. The molecule has 0 aromatic carbocycles. The second kappa shape index (κ2) is 6.87. The third-order valence-corrected chi connectivity index (χ3v) is 5.35. The van der Waals surface area contributed by atoms with Gasteiger partial charge in [0.05, 0.1) is 11.6 Å². The molecule has 2 rings (SSSR count). The van der Waals surface area contributed by atoms with E-state index >= 15 is 0 Å². The molecule has 0 aliphatic rings. The first-order valence-electron chi connectivity index (χ1n) is 6.51. The summed E-state index contributed by atoms with van der Waals surface area (Å²) < 4.78 is 24.4. The number of anilines is 1. The summed E-state index contributed by atoms with van der Waals surface area (Å²) in [6.45, 7) is 3.40. The summed E-state index contributed by atoms with van der Waals surface area (Å²) in [6, 6.07) is 1.94. The number of hydrogen-bond acceptors (Lipinski definition) is 6. The molecule has 0 spiro atoms. The first-order valence-corrected chi connectivity index (χ1v) is 9.62. The molecule has 0 amide bonds. The summed E-state index contributed by atoms with van der Waals surface area (Å²) >= 11 is 7.39. The maximum Gasteiger partial charge on any atom is 0.225 e. The summed E-state index contributed by atoms with van der Waals surface area (Å²) in [5.41, 5.74) is 0. The zero-order chi connectivity index (χ0) is 15.5. The lowest BCUT2D eigenvalue weighted by Crippen LogP contribution is -2.31. The van der Waals surface area contributed by atoms with Gasteiger partial charge in [0.2, 0.25) is 15.3 Å². The molecule has 2 aromatic heterocycles. The highest BCUT2D eigenvalue weighted by Gasteiger charge is 2.13. The molecular weight excluding hydrogens is 332 g/mol. The molecule has 0 atom stereocenters. The molecule has 0 aliphatic heterocycles. The Bertz CT molecular complexity index is 717. The fraction of sp³-hybridized carbons (Fsp3) is 0.500. The summed E-state index contributed by atoms with van der Waals surface area (Å²) in [4.78, 5) is 9.16. The molecule has 2 aromatic rings. The number of nitrogens with zero attached hydrogens (tertiary/aromatic N) is 3. The Morgan fingerprint density at radius 3 is 2.86 bits per heavy atom. The lowest BCUT2D eigenvalue weighted by atomic mass is 10.3. The van der Waals surface area contributed by atoms with Crippen LogP contribution in [0.5, 0.6) is 0 Å². The molecule has 0 saturated heterocycles. The lowest BCUT2D eigenvalue weighted by Gasteiger charge is -2.17. The van der Waals surface area contributed by atoms with E-state index in [1.165, 1.54) is 21.9 Å². The number of halogens is 1. The minimum Gasteiger partial charge on any atom is -0.369 e. The molecule has 0 bridgehead atoms. The SMILES string of the molecule is CCN(CCCNc1nc(Cl)nc2sccc12)S(C)(=O)=O. The second-order valence-electron chi connectivity index (χ2n) is 4.52. The minimum atomic E-state index is -3.13. The molecule has 0 radical (unpaired) electrons. The van der Waals surface area contributed by atoms with Gasteiger partial charge < -0.3 is 5.32 Å². The predicted molar refractivity (Wildman–Crippen MR) is 87.6 cm³/mol. The highest BCUT2D eigenvalue weighted by molar-refractivity contribution is 7.88. The Hall–Kier alpha value is -0.960. The van der Waals surface area contributed by atoms with Crippen LogP contribution in [0.3, 0.4) is 0 Å². The molecule has 9 heteroatoms. The van der Waals surface area contributed by atoms with Crippen LogP contribution >= 0.6 is 22.9 Å². The summed E-state index contributed by atoms with van der Waals surface area (Å²) in [6.07, 6.45) is 1.91. The third kappa shape index (κ3) is 4.26. The summed E-state index contributed by atoms with van der Waals surface area (Å²) in [7, 11) is -3.13. The molecule has 2 heterocycles. The zero-order valence-corrected chi connectivity index (χ0v) is 14.2. The van der Waals surface area contributed by atoms with Crippen LogP contribution in [0.4, 0.5) is 5.82 Å². The van der Waals surface area contributed by atoms with Crippen molar-refractivity contribution in [2.75, 3.05) is 31.2 Å². The number of hydrogen-bond donors (Lipinski definition) is 1. The standard InChI is InChI=1S/C12H17ClN4O2S2/c1-3-17(21(2,18)19)7-4-6-14-10-9-5-8-20-11(9)16-12(13)15-10/h5,8H,3-4,6-7H2,1-2H3,(H,14,15,16). The fourth-order valence-electron chi connectivity index (χ4n) is 1.98. The maximum atomic E-state index is 11.5. The molecule has 0 unspecified atom stereocenters. The van der Waals surface area contributed by atoms with Crippen molar-refractivity contribution < 1.29 is 8.42 Å². The average molecular weight is 349 g/mol. The predicted octanol–water partition coefficient (Wildman–Crippen LogP) is 2.43. The van der Waals surface area contributed by atoms with Crippen molar-refractivity contribution >= 4 is 49.0 Å². The van der Waals surface area contributed by atoms with Gasteiger partial charge in [0, 0.05) is 19.6 Å². The van der Waals surface area contributed by atoms with Crippen LogP contribution in [0.1, 0.15) is 13.3 Å². The van der Waals surface area contributed by atoms with E-state index in [0.717, 1.165) is 10.2 Å². The van der Waals surface area contributed by atoms with E-state index in [9.17, 15) is 8.42 Å². The van der Waals surface area contributed by atoms with Gasteiger partial charge >= 0.3 is 0 Å². The van der Waals surface area contributed by atoms with Gasteiger partial charge in [-0.25, -0.2) is 22.7 Å². The van der Waals surface area contributed by atoms with Crippen LogP contribution in [-0.2, 0) is 10.0 Å². The Kier molecular flexibility index (Phi) is 5.37. The van der Waals surface area contributed by atoms with E-state index in [-0.39, 0.29) is 5.28 Å². The van der Waals surface area contributed by atoms with Gasteiger partial charge in [-0.15, -0.1) is 11.3 Å². The van der Waals surface area contributed by atoms with Gasteiger partial charge in [-0.1, -0.05) is 6.92 Å². The number of rotatable bonds is 7. The average Bonchev–Trinajstić information content (AvgIpc) is 2.84. The summed E-state index contributed by atoms with van der Waals surface area (Å²) in [5, 5.41) is 6.27. The normalized spacial score (nSPS) is 12.2. The van der Waals surface area contributed by atoms with Crippen molar-refractivity contribution in [3.05, 3.63) is 16.7 Å². The molecule has 116 valence electrons. The van der Waals surface area contributed by atoms with Gasteiger partial charge in [-0.2, -0.15) is 0 Å². The van der Waals surface area contributed by atoms with Gasteiger partial charge in [0.1, 0.15) is 10.6 Å². The number of fused-ring (bicyclic) bond motifs is 1. The first kappa shape index (κ1) is 16.4. The number of sulfonamides is 1. The molecule has 0 fully saturated rings. The van der Waals surface area contributed by atoms with Crippen molar-refractivity contribution in [1.29, 1.82) is 0 Å². The first-order chi connectivity index (χ1) is 9.91. The molecule has 1 N–H and O–H groups in total. The Labute approximate surface area is 133 Å². The molecule has 0 aliphatic carbocycles. The van der Waals surface area contributed by atoms with Crippen LogP contribution in [-0.4, -0.2) is 48.6 Å². The van der Waals surface area contributed by atoms with E-state index in [4.69, 9.17) is 11.6 Å². The third-order valence-electron chi connectivity index (χ3n) is 3.00. The van der Waals surface area contributed by atoms with Crippen LogP contribution in [0.2, 0.25) is 5.28 Å². The van der Waals surface area contributed by atoms with Gasteiger partial charge in [-0.05, 0) is 29.5 Å². The van der Waals surface area contributed by atoms with Crippen molar-refractivity contribution in [3.63, 3.8) is 0 Å². The molecular formula is C12H17ClN4O2S2. The van der Waals surface area contributed by atoms with Crippen molar-refractivity contribution in [2.45, 2.75) is 13.3 Å². The molecule has 0 saturated carbocycles. The minimum absolute atomic E-state index is 0.207. The van der Waals surface area contributed by atoms with Crippen LogP contribution in [0.15, 0.2) is 11.4 Å². The van der Waals surface area contributed by atoms with E-state index < -0.39 is 10.0 Å².